The van der Waals surface area contributed by atoms with Gasteiger partial charge in [-0.2, -0.15) is 0 Å². The molecular weight excluding hydrogens is 352 g/mol. The summed E-state index contributed by atoms with van der Waals surface area (Å²) >= 11 is 5.91. The molecule has 5 nitrogen and oxygen atoms in total. The molecule has 2 aromatic carbocycles. The van der Waals surface area contributed by atoms with Gasteiger partial charge in [0.2, 0.25) is 11.8 Å². The van der Waals surface area contributed by atoms with E-state index in [4.69, 9.17) is 16.3 Å². The van der Waals surface area contributed by atoms with Crippen molar-refractivity contribution in [2.45, 2.75) is 20.3 Å². The molecule has 0 saturated carbocycles. The molecule has 0 aliphatic heterocycles. The van der Waals surface area contributed by atoms with E-state index in [1.165, 1.54) is 0 Å². The van der Waals surface area contributed by atoms with E-state index >= 15 is 0 Å². The first-order chi connectivity index (χ1) is 12.3. The second-order valence-electron chi connectivity index (χ2n) is 6.44. The normalized spacial score (nSPS) is 10.9. The molecule has 6 heteroatoms. The molecule has 0 aliphatic rings. The number of nitrogens with one attached hydrogen (secondary N) is 2. The van der Waals surface area contributed by atoms with E-state index < -0.39 is 5.41 Å². The Labute approximate surface area is 158 Å². The molecule has 2 aromatic rings. The summed E-state index contributed by atoms with van der Waals surface area (Å²) in [6.07, 6.45) is 0.668. The van der Waals surface area contributed by atoms with Gasteiger partial charge in [-0.1, -0.05) is 29.8 Å². The Morgan fingerprint density at radius 2 is 1.77 bits per heavy atom. The van der Waals surface area contributed by atoms with Crippen molar-refractivity contribution in [1.82, 2.24) is 5.32 Å². The predicted molar refractivity (Wildman–Crippen MR) is 104 cm³/mol. The zero-order valence-electron chi connectivity index (χ0n) is 15.1. The van der Waals surface area contributed by atoms with Gasteiger partial charge < -0.3 is 15.4 Å². The minimum absolute atomic E-state index is 0.328. The fraction of sp³-hybridized carbons (Fsp3) is 0.300. The smallest absolute Gasteiger partial charge is 0.239 e. The Balaban J connectivity index is 1.88. The number of hydrogen-bond donors (Lipinski definition) is 2. The number of anilines is 1. The Kier molecular flexibility index (Phi) is 6.64. The third-order valence-corrected chi connectivity index (χ3v) is 4.31. The number of halogens is 1. The van der Waals surface area contributed by atoms with Crippen LogP contribution < -0.4 is 15.4 Å². The molecule has 0 aliphatic carbocycles. The highest BCUT2D eigenvalue weighted by molar-refractivity contribution is 6.31. The molecule has 0 atom stereocenters. The predicted octanol–water partition coefficient (Wildman–Crippen LogP) is 3.67. The van der Waals surface area contributed by atoms with Gasteiger partial charge in [0.15, 0.2) is 0 Å². The summed E-state index contributed by atoms with van der Waals surface area (Å²) in [5.74, 6) is 0.0730. The Morgan fingerprint density at radius 1 is 1.08 bits per heavy atom. The molecule has 0 radical (unpaired) electrons. The van der Waals surface area contributed by atoms with Crippen LogP contribution in [0.1, 0.15) is 19.4 Å². The lowest BCUT2D eigenvalue weighted by Gasteiger charge is -2.22. The van der Waals surface area contributed by atoms with Crippen LogP contribution in [0.3, 0.4) is 0 Å². The number of carbonyl (C=O) groups excluding carboxylic acids is 2. The van der Waals surface area contributed by atoms with Crippen molar-refractivity contribution in [1.29, 1.82) is 0 Å². The molecule has 0 spiro atoms. The average Bonchev–Trinajstić information content (AvgIpc) is 2.62. The van der Waals surface area contributed by atoms with E-state index in [2.05, 4.69) is 10.6 Å². The highest BCUT2D eigenvalue weighted by Crippen LogP contribution is 2.21. The molecule has 2 amide bonds. The van der Waals surface area contributed by atoms with Crippen LogP contribution in [0.4, 0.5) is 5.69 Å². The third-order valence-electron chi connectivity index (χ3n) is 4.08. The fourth-order valence-electron chi connectivity index (χ4n) is 2.29. The van der Waals surface area contributed by atoms with E-state index in [9.17, 15) is 9.59 Å². The first-order valence-electron chi connectivity index (χ1n) is 8.31. The van der Waals surface area contributed by atoms with Gasteiger partial charge in [0.05, 0.1) is 7.11 Å². The molecule has 0 fully saturated rings. The minimum Gasteiger partial charge on any atom is -0.497 e. The van der Waals surface area contributed by atoms with Crippen molar-refractivity contribution in [2.75, 3.05) is 19.0 Å². The van der Waals surface area contributed by atoms with Crippen LogP contribution >= 0.6 is 11.6 Å². The van der Waals surface area contributed by atoms with Crippen LogP contribution in [-0.2, 0) is 16.0 Å². The van der Waals surface area contributed by atoms with Crippen molar-refractivity contribution in [3.8, 4) is 5.75 Å². The van der Waals surface area contributed by atoms with Crippen LogP contribution in [0.15, 0.2) is 48.5 Å². The van der Waals surface area contributed by atoms with Crippen LogP contribution in [0, 0.1) is 5.41 Å². The van der Waals surface area contributed by atoms with Gasteiger partial charge in [0.25, 0.3) is 0 Å². The maximum Gasteiger partial charge on any atom is 0.239 e. The lowest BCUT2D eigenvalue weighted by molar-refractivity contribution is -0.138. The maximum atomic E-state index is 12.5. The fourth-order valence-corrected chi connectivity index (χ4v) is 2.48. The largest absolute Gasteiger partial charge is 0.497 e. The quantitative estimate of drug-likeness (QED) is 0.726. The molecule has 0 heterocycles. The lowest BCUT2D eigenvalue weighted by Crippen LogP contribution is -2.45. The SMILES string of the molecule is COc1ccc(CCNC(=O)C(C)(C)C(=O)Nc2cccc(Cl)c2)cc1. The number of carbonyl (C=O) groups is 2. The van der Waals surface area contributed by atoms with Gasteiger partial charge in [0.1, 0.15) is 11.2 Å². The first kappa shape index (κ1) is 19.8. The topological polar surface area (TPSA) is 67.4 Å². The summed E-state index contributed by atoms with van der Waals surface area (Å²) in [7, 11) is 1.62. The maximum absolute atomic E-state index is 12.5. The number of methoxy groups -OCH3 is 1. The highest BCUT2D eigenvalue weighted by Gasteiger charge is 2.35. The molecule has 2 N–H and O–H groups in total. The first-order valence-corrected chi connectivity index (χ1v) is 8.69. The zero-order chi connectivity index (χ0) is 19.2. The summed E-state index contributed by atoms with van der Waals surface area (Å²) in [6.45, 7) is 3.63. The van der Waals surface area contributed by atoms with E-state index in [0.29, 0.717) is 23.7 Å². The Morgan fingerprint density at radius 3 is 2.38 bits per heavy atom. The van der Waals surface area contributed by atoms with Crippen molar-refractivity contribution < 1.29 is 14.3 Å². The van der Waals surface area contributed by atoms with Crippen LogP contribution in [0.5, 0.6) is 5.75 Å². The van der Waals surface area contributed by atoms with E-state index in [0.717, 1.165) is 11.3 Å². The van der Waals surface area contributed by atoms with Gasteiger partial charge in [-0.05, 0) is 56.2 Å². The molecule has 0 saturated heterocycles. The van der Waals surface area contributed by atoms with Gasteiger partial charge in [-0.15, -0.1) is 0 Å². The summed E-state index contributed by atoms with van der Waals surface area (Å²) in [5, 5.41) is 6.07. The summed E-state index contributed by atoms with van der Waals surface area (Å²) in [6, 6.07) is 14.5. The lowest BCUT2D eigenvalue weighted by atomic mass is 9.91. The molecule has 0 bridgehead atoms. The minimum atomic E-state index is -1.21. The van der Waals surface area contributed by atoms with Gasteiger partial charge >= 0.3 is 0 Å². The Bertz CT molecular complexity index is 773. The molecular formula is C20H23ClN2O3. The van der Waals surface area contributed by atoms with Gasteiger partial charge in [-0.3, -0.25) is 9.59 Å². The van der Waals surface area contributed by atoms with Crippen molar-refractivity contribution >= 4 is 29.1 Å². The third kappa shape index (κ3) is 5.23. The number of ether oxygens (including phenoxy) is 1. The summed E-state index contributed by atoms with van der Waals surface area (Å²) in [4.78, 5) is 24.9. The zero-order valence-corrected chi connectivity index (χ0v) is 15.9. The second-order valence-corrected chi connectivity index (χ2v) is 6.88. The highest BCUT2D eigenvalue weighted by atomic mass is 35.5. The van der Waals surface area contributed by atoms with Crippen LogP contribution in [0.2, 0.25) is 5.02 Å². The summed E-state index contributed by atoms with van der Waals surface area (Å²) in [5.41, 5.74) is 0.427. The average molecular weight is 375 g/mol. The van der Waals surface area contributed by atoms with Gasteiger partial charge in [-0.25, -0.2) is 0 Å². The molecule has 2 rings (SSSR count). The van der Waals surface area contributed by atoms with Crippen LogP contribution in [0.25, 0.3) is 0 Å². The van der Waals surface area contributed by atoms with E-state index in [1.807, 2.05) is 24.3 Å². The number of rotatable bonds is 7. The molecule has 0 unspecified atom stereocenters. The standard InChI is InChI=1S/C20H23ClN2O3/c1-20(2,19(25)23-16-6-4-5-15(21)13-16)18(24)22-12-11-14-7-9-17(26-3)10-8-14/h4-10,13H,11-12H2,1-3H3,(H,22,24)(H,23,25). The molecule has 0 aromatic heterocycles. The Hall–Kier alpha value is -2.53. The van der Waals surface area contributed by atoms with Crippen LogP contribution in [-0.4, -0.2) is 25.5 Å². The number of amides is 2. The van der Waals surface area contributed by atoms with Gasteiger partial charge in [0, 0.05) is 17.3 Å². The molecule has 26 heavy (non-hydrogen) atoms. The number of benzene rings is 2. The second kappa shape index (κ2) is 8.72. The van der Waals surface area contributed by atoms with E-state index in [1.54, 1.807) is 45.2 Å². The van der Waals surface area contributed by atoms with Crippen molar-refractivity contribution in [3.05, 3.63) is 59.1 Å². The summed E-state index contributed by atoms with van der Waals surface area (Å²) < 4.78 is 5.12. The number of hydrogen-bond acceptors (Lipinski definition) is 3. The van der Waals surface area contributed by atoms with E-state index in [-0.39, 0.29) is 11.8 Å². The van der Waals surface area contributed by atoms with Crippen molar-refractivity contribution in [3.63, 3.8) is 0 Å². The monoisotopic (exact) mass is 374 g/mol. The molecule has 138 valence electrons. The van der Waals surface area contributed by atoms with Crippen molar-refractivity contribution in [2.24, 2.45) is 5.41 Å².